The number of hydrogen-bond donors (Lipinski definition) is 2. The van der Waals surface area contributed by atoms with Crippen molar-refractivity contribution >= 4 is 11.6 Å². The number of aromatic nitrogens is 2. The number of rotatable bonds is 6. The highest BCUT2D eigenvalue weighted by Gasteiger charge is 2.13. The molecule has 5 nitrogen and oxygen atoms in total. The van der Waals surface area contributed by atoms with Gasteiger partial charge in [0.15, 0.2) is 0 Å². The van der Waals surface area contributed by atoms with Gasteiger partial charge in [0.25, 0.3) is 0 Å². The summed E-state index contributed by atoms with van der Waals surface area (Å²) < 4.78 is 1.82. The predicted octanol–water partition coefficient (Wildman–Crippen LogP) is 1.48. The summed E-state index contributed by atoms with van der Waals surface area (Å²) in [4.78, 5) is 11.7. The highest BCUT2D eigenvalue weighted by Crippen LogP contribution is 2.06. The summed E-state index contributed by atoms with van der Waals surface area (Å²) >= 11 is 0. The van der Waals surface area contributed by atoms with Crippen LogP contribution in [-0.2, 0) is 11.3 Å². The normalized spacial score (nSPS) is 12.5. The van der Waals surface area contributed by atoms with Crippen LogP contribution < -0.4 is 10.6 Å². The van der Waals surface area contributed by atoms with Crippen LogP contribution in [0, 0.1) is 5.92 Å². The summed E-state index contributed by atoms with van der Waals surface area (Å²) in [5, 5.41) is 10.2. The molecule has 0 bridgehead atoms. The van der Waals surface area contributed by atoms with E-state index in [2.05, 4.69) is 29.6 Å². The maximum atomic E-state index is 11.7. The van der Waals surface area contributed by atoms with Crippen molar-refractivity contribution in [3.05, 3.63) is 12.4 Å². The number of anilines is 1. The van der Waals surface area contributed by atoms with Gasteiger partial charge in [-0.05, 0) is 19.8 Å². The van der Waals surface area contributed by atoms with Gasteiger partial charge in [0, 0.05) is 19.3 Å². The number of hydrogen-bond acceptors (Lipinski definition) is 3. The van der Waals surface area contributed by atoms with Crippen LogP contribution in [0.2, 0.25) is 0 Å². The molecule has 1 aromatic heterocycles. The first-order valence-electron chi connectivity index (χ1n) is 6.09. The standard InChI is InChI=1S/C12H22N4O/c1-5-16-8-11(7-14-16)15-10(4)12(17)13-6-9(2)3/h7-10,15H,5-6H2,1-4H3,(H,13,17)/t10-/m0/s1. The Morgan fingerprint density at radius 2 is 2.18 bits per heavy atom. The van der Waals surface area contributed by atoms with Crippen molar-refractivity contribution in [2.45, 2.75) is 40.3 Å². The molecule has 1 rings (SSSR count). The third-order valence-electron chi connectivity index (χ3n) is 2.42. The van der Waals surface area contributed by atoms with Crippen LogP contribution in [0.25, 0.3) is 0 Å². The average Bonchev–Trinajstić information content (AvgIpc) is 2.73. The van der Waals surface area contributed by atoms with Crippen molar-refractivity contribution in [2.75, 3.05) is 11.9 Å². The number of amides is 1. The first-order valence-corrected chi connectivity index (χ1v) is 6.09. The topological polar surface area (TPSA) is 59.0 Å². The van der Waals surface area contributed by atoms with Crippen molar-refractivity contribution in [3.63, 3.8) is 0 Å². The van der Waals surface area contributed by atoms with Gasteiger partial charge in [-0.15, -0.1) is 0 Å². The lowest BCUT2D eigenvalue weighted by molar-refractivity contribution is -0.121. The van der Waals surface area contributed by atoms with Crippen LogP contribution in [0.1, 0.15) is 27.7 Å². The van der Waals surface area contributed by atoms with Gasteiger partial charge in [0.1, 0.15) is 6.04 Å². The molecule has 1 heterocycles. The van der Waals surface area contributed by atoms with E-state index in [0.29, 0.717) is 12.5 Å². The van der Waals surface area contributed by atoms with Gasteiger partial charge < -0.3 is 10.6 Å². The molecular formula is C12H22N4O. The second-order valence-electron chi connectivity index (χ2n) is 4.59. The minimum absolute atomic E-state index is 0.0166. The molecule has 1 aromatic rings. The minimum atomic E-state index is -0.247. The van der Waals surface area contributed by atoms with Crippen LogP contribution in [0.15, 0.2) is 12.4 Å². The summed E-state index contributed by atoms with van der Waals surface area (Å²) in [5.74, 6) is 0.483. The molecule has 0 aromatic carbocycles. The van der Waals surface area contributed by atoms with Crippen LogP contribution in [0.4, 0.5) is 5.69 Å². The van der Waals surface area contributed by atoms with Crippen molar-refractivity contribution in [1.82, 2.24) is 15.1 Å². The molecule has 0 saturated heterocycles. The third-order valence-corrected chi connectivity index (χ3v) is 2.42. The van der Waals surface area contributed by atoms with Gasteiger partial charge in [-0.2, -0.15) is 5.10 Å². The number of carbonyl (C=O) groups excluding carboxylic acids is 1. The number of nitrogens with zero attached hydrogens (tertiary/aromatic N) is 2. The van der Waals surface area contributed by atoms with Gasteiger partial charge >= 0.3 is 0 Å². The quantitative estimate of drug-likeness (QED) is 0.789. The number of carbonyl (C=O) groups is 1. The Labute approximate surface area is 103 Å². The van der Waals surface area contributed by atoms with Crippen molar-refractivity contribution < 1.29 is 4.79 Å². The Hall–Kier alpha value is -1.52. The van der Waals surface area contributed by atoms with E-state index in [0.717, 1.165) is 12.2 Å². The lowest BCUT2D eigenvalue weighted by atomic mass is 10.2. The van der Waals surface area contributed by atoms with E-state index < -0.39 is 0 Å². The van der Waals surface area contributed by atoms with Gasteiger partial charge in [-0.3, -0.25) is 9.48 Å². The van der Waals surface area contributed by atoms with Crippen molar-refractivity contribution in [1.29, 1.82) is 0 Å². The summed E-state index contributed by atoms with van der Waals surface area (Å²) in [6.45, 7) is 9.55. The number of nitrogens with one attached hydrogen (secondary N) is 2. The lowest BCUT2D eigenvalue weighted by Crippen LogP contribution is -2.39. The molecule has 1 atom stereocenters. The van der Waals surface area contributed by atoms with E-state index in [4.69, 9.17) is 0 Å². The molecule has 0 aliphatic rings. The molecule has 0 saturated carbocycles. The molecule has 0 aliphatic carbocycles. The third kappa shape index (κ3) is 4.46. The molecule has 0 spiro atoms. The maximum Gasteiger partial charge on any atom is 0.242 e. The first-order chi connectivity index (χ1) is 8.02. The van der Waals surface area contributed by atoms with E-state index in [9.17, 15) is 4.79 Å². The Morgan fingerprint density at radius 3 is 2.71 bits per heavy atom. The van der Waals surface area contributed by atoms with Crippen LogP contribution in [0.5, 0.6) is 0 Å². The van der Waals surface area contributed by atoms with E-state index in [1.165, 1.54) is 0 Å². The smallest absolute Gasteiger partial charge is 0.242 e. The highest BCUT2D eigenvalue weighted by atomic mass is 16.2. The maximum absolute atomic E-state index is 11.7. The molecule has 17 heavy (non-hydrogen) atoms. The molecule has 96 valence electrons. The zero-order valence-electron chi connectivity index (χ0n) is 11.0. The molecule has 0 aliphatic heterocycles. The van der Waals surface area contributed by atoms with Gasteiger partial charge in [0.05, 0.1) is 11.9 Å². The highest BCUT2D eigenvalue weighted by molar-refractivity contribution is 5.84. The van der Waals surface area contributed by atoms with E-state index >= 15 is 0 Å². The van der Waals surface area contributed by atoms with Crippen molar-refractivity contribution in [3.8, 4) is 0 Å². The molecule has 0 radical (unpaired) electrons. The second-order valence-corrected chi connectivity index (χ2v) is 4.59. The minimum Gasteiger partial charge on any atom is -0.371 e. The fourth-order valence-electron chi connectivity index (χ4n) is 1.38. The van der Waals surface area contributed by atoms with Gasteiger partial charge in [-0.25, -0.2) is 0 Å². The van der Waals surface area contributed by atoms with Crippen LogP contribution in [-0.4, -0.2) is 28.3 Å². The van der Waals surface area contributed by atoms with Gasteiger partial charge in [0.2, 0.25) is 5.91 Å². The summed E-state index contributed by atoms with van der Waals surface area (Å²) in [6.07, 6.45) is 3.63. The van der Waals surface area contributed by atoms with E-state index in [-0.39, 0.29) is 11.9 Å². The zero-order valence-corrected chi connectivity index (χ0v) is 11.0. The predicted molar refractivity (Wildman–Crippen MR) is 68.8 cm³/mol. The fraction of sp³-hybridized carbons (Fsp3) is 0.667. The SMILES string of the molecule is CCn1cc(N[C@@H](C)C(=O)NCC(C)C)cn1. The number of aryl methyl sites for hydroxylation is 1. The largest absolute Gasteiger partial charge is 0.371 e. The van der Waals surface area contributed by atoms with E-state index in [1.54, 1.807) is 6.20 Å². The first kappa shape index (κ1) is 13.5. The summed E-state index contributed by atoms with van der Waals surface area (Å²) in [6, 6.07) is -0.247. The monoisotopic (exact) mass is 238 g/mol. The zero-order chi connectivity index (χ0) is 12.8. The Bertz CT molecular complexity index is 359. The Kier molecular flexibility index (Phi) is 5.00. The van der Waals surface area contributed by atoms with Gasteiger partial charge in [-0.1, -0.05) is 13.8 Å². The molecule has 2 N–H and O–H groups in total. The second kappa shape index (κ2) is 6.27. The Morgan fingerprint density at radius 1 is 1.47 bits per heavy atom. The fourth-order valence-corrected chi connectivity index (χ4v) is 1.38. The molecular weight excluding hydrogens is 216 g/mol. The molecule has 0 fully saturated rings. The Balaban J connectivity index is 2.42. The van der Waals surface area contributed by atoms with E-state index in [1.807, 2.05) is 24.7 Å². The summed E-state index contributed by atoms with van der Waals surface area (Å²) in [5.41, 5.74) is 0.874. The average molecular weight is 238 g/mol. The van der Waals surface area contributed by atoms with Crippen LogP contribution >= 0.6 is 0 Å². The molecule has 0 unspecified atom stereocenters. The lowest BCUT2D eigenvalue weighted by Gasteiger charge is -2.14. The molecule has 5 heteroatoms. The van der Waals surface area contributed by atoms with Crippen molar-refractivity contribution in [2.24, 2.45) is 5.92 Å². The summed E-state index contributed by atoms with van der Waals surface area (Å²) in [7, 11) is 0. The molecule has 1 amide bonds. The van der Waals surface area contributed by atoms with Crippen LogP contribution in [0.3, 0.4) is 0 Å².